The SMILES string of the molecule is COC(=O)[C@@H](Cc1cccc2ccccc12)NC(=O)Cc1cccc(C(F)(F)F)c1. The number of carbonyl (C=O) groups excluding carboxylic acids is 2. The Labute approximate surface area is 171 Å². The van der Waals surface area contributed by atoms with Gasteiger partial charge in [-0.15, -0.1) is 0 Å². The molecular formula is C23H20F3NO3. The summed E-state index contributed by atoms with van der Waals surface area (Å²) in [5.41, 5.74) is 0.229. The Balaban J connectivity index is 1.77. The number of halogens is 3. The first-order valence-electron chi connectivity index (χ1n) is 9.28. The Bertz CT molecular complexity index is 1060. The van der Waals surface area contributed by atoms with Crippen LogP contribution >= 0.6 is 0 Å². The number of alkyl halides is 3. The molecule has 0 bridgehead atoms. The maximum atomic E-state index is 12.9. The van der Waals surface area contributed by atoms with Gasteiger partial charge in [0.05, 0.1) is 19.1 Å². The number of rotatable bonds is 6. The van der Waals surface area contributed by atoms with Gasteiger partial charge in [-0.05, 0) is 28.0 Å². The molecule has 0 saturated heterocycles. The molecule has 1 N–H and O–H groups in total. The fraction of sp³-hybridized carbons (Fsp3) is 0.217. The largest absolute Gasteiger partial charge is 0.467 e. The van der Waals surface area contributed by atoms with Crippen molar-refractivity contribution in [2.24, 2.45) is 0 Å². The first-order valence-corrected chi connectivity index (χ1v) is 9.28. The number of ether oxygens (including phenoxy) is 1. The van der Waals surface area contributed by atoms with Crippen LogP contribution in [0.5, 0.6) is 0 Å². The van der Waals surface area contributed by atoms with Crippen molar-refractivity contribution in [3.05, 3.63) is 83.4 Å². The summed E-state index contributed by atoms with van der Waals surface area (Å²) in [4.78, 5) is 24.7. The van der Waals surface area contributed by atoms with Gasteiger partial charge < -0.3 is 10.1 Å². The number of hydrogen-bond donors (Lipinski definition) is 1. The monoisotopic (exact) mass is 415 g/mol. The fourth-order valence-electron chi connectivity index (χ4n) is 3.31. The maximum Gasteiger partial charge on any atom is 0.416 e. The molecule has 1 atom stereocenters. The minimum atomic E-state index is -4.49. The van der Waals surface area contributed by atoms with Gasteiger partial charge in [0.1, 0.15) is 6.04 Å². The number of nitrogens with one attached hydrogen (secondary N) is 1. The van der Waals surface area contributed by atoms with Crippen LogP contribution in [0.1, 0.15) is 16.7 Å². The third-order valence-corrected chi connectivity index (χ3v) is 4.74. The number of carbonyl (C=O) groups is 2. The Morgan fingerprint density at radius 3 is 2.43 bits per heavy atom. The summed E-state index contributed by atoms with van der Waals surface area (Å²) in [6.07, 6.45) is -4.58. The Kier molecular flexibility index (Phi) is 6.40. The molecule has 0 unspecified atom stereocenters. The molecule has 0 aliphatic rings. The molecule has 30 heavy (non-hydrogen) atoms. The molecule has 0 aliphatic carbocycles. The van der Waals surface area contributed by atoms with Crippen LogP contribution < -0.4 is 5.32 Å². The highest BCUT2D eigenvalue weighted by Gasteiger charge is 2.30. The normalized spacial score (nSPS) is 12.4. The molecule has 0 radical (unpaired) electrons. The summed E-state index contributed by atoms with van der Waals surface area (Å²) >= 11 is 0. The Morgan fingerprint density at radius 2 is 1.70 bits per heavy atom. The van der Waals surface area contributed by atoms with Crippen LogP contribution in [0.3, 0.4) is 0 Å². The van der Waals surface area contributed by atoms with Gasteiger partial charge in [-0.3, -0.25) is 4.79 Å². The van der Waals surface area contributed by atoms with E-state index in [-0.39, 0.29) is 18.4 Å². The lowest BCUT2D eigenvalue weighted by Crippen LogP contribution is -2.43. The summed E-state index contributed by atoms with van der Waals surface area (Å²) < 4.78 is 43.4. The van der Waals surface area contributed by atoms with Crippen LogP contribution in [0.15, 0.2) is 66.7 Å². The number of hydrogen-bond acceptors (Lipinski definition) is 3. The van der Waals surface area contributed by atoms with E-state index in [0.717, 1.165) is 28.5 Å². The van der Waals surface area contributed by atoms with Gasteiger partial charge in [-0.25, -0.2) is 4.79 Å². The first-order chi connectivity index (χ1) is 14.3. The molecular weight excluding hydrogens is 395 g/mol. The molecule has 0 aliphatic heterocycles. The number of methoxy groups -OCH3 is 1. The van der Waals surface area contributed by atoms with E-state index in [1.54, 1.807) is 0 Å². The Hall–Kier alpha value is -3.35. The highest BCUT2D eigenvalue weighted by atomic mass is 19.4. The lowest BCUT2D eigenvalue weighted by molar-refractivity contribution is -0.145. The molecule has 4 nitrogen and oxygen atoms in total. The van der Waals surface area contributed by atoms with E-state index in [9.17, 15) is 22.8 Å². The van der Waals surface area contributed by atoms with E-state index >= 15 is 0 Å². The van der Waals surface area contributed by atoms with Gasteiger partial charge >= 0.3 is 12.1 Å². The van der Waals surface area contributed by atoms with Crippen molar-refractivity contribution in [3.63, 3.8) is 0 Å². The minimum Gasteiger partial charge on any atom is -0.467 e. The molecule has 0 saturated carbocycles. The second kappa shape index (κ2) is 8.98. The van der Waals surface area contributed by atoms with Gasteiger partial charge in [-0.2, -0.15) is 13.2 Å². The van der Waals surface area contributed by atoms with Gasteiger partial charge in [0, 0.05) is 6.42 Å². The molecule has 0 spiro atoms. The lowest BCUT2D eigenvalue weighted by atomic mass is 9.98. The average Bonchev–Trinajstić information content (AvgIpc) is 2.72. The minimum absolute atomic E-state index is 0.197. The topological polar surface area (TPSA) is 55.4 Å². The number of amides is 1. The molecule has 3 rings (SSSR count). The second-order valence-electron chi connectivity index (χ2n) is 6.86. The quantitative estimate of drug-likeness (QED) is 0.611. The van der Waals surface area contributed by atoms with Gasteiger partial charge in [-0.1, -0.05) is 60.7 Å². The van der Waals surface area contributed by atoms with Crippen molar-refractivity contribution in [1.29, 1.82) is 0 Å². The summed E-state index contributed by atoms with van der Waals surface area (Å²) in [6, 6.07) is 16.9. The molecule has 156 valence electrons. The zero-order chi connectivity index (χ0) is 21.7. The van der Waals surface area contributed by atoms with Crippen LogP contribution in [0, 0.1) is 0 Å². The van der Waals surface area contributed by atoms with Crippen LogP contribution in [-0.4, -0.2) is 25.0 Å². The second-order valence-corrected chi connectivity index (χ2v) is 6.86. The summed E-state index contributed by atoms with van der Waals surface area (Å²) in [7, 11) is 1.22. The maximum absolute atomic E-state index is 12.9. The molecule has 7 heteroatoms. The predicted molar refractivity (Wildman–Crippen MR) is 107 cm³/mol. The summed E-state index contributed by atoms with van der Waals surface area (Å²) in [5, 5.41) is 4.53. The van der Waals surface area contributed by atoms with E-state index in [2.05, 4.69) is 5.32 Å². The summed E-state index contributed by atoms with van der Waals surface area (Å²) in [6.45, 7) is 0. The molecule has 3 aromatic rings. The Morgan fingerprint density at radius 1 is 1.00 bits per heavy atom. The molecule has 0 aromatic heterocycles. The van der Waals surface area contributed by atoms with Crippen molar-refractivity contribution in [2.45, 2.75) is 25.1 Å². The average molecular weight is 415 g/mol. The van der Waals surface area contributed by atoms with Crippen LogP contribution in [0.2, 0.25) is 0 Å². The van der Waals surface area contributed by atoms with Crippen molar-refractivity contribution < 1.29 is 27.5 Å². The zero-order valence-corrected chi connectivity index (χ0v) is 16.2. The van der Waals surface area contributed by atoms with Crippen molar-refractivity contribution in [3.8, 4) is 0 Å². The van der Waals surface area contributed by atoms with Crippen molar-refractivity contribution in [2.75, 3.05) is 7.11 Å². The van der Waals surface area contributed by atoms with Crippen molar-refractivity contribution in [1.82, 2.24) is 5.32 Å². The summed E-state index contributed by atoms with van der Waals surface area (Å²) in [5.74, 6) is -1.19. The van der Waals surface area contributed by atoms with Crippen LogP contribution in [-0.2, 0) is 33.3 Å². The smallest absolute Gasteiger partial charge is 0.416 e. The standard InChI is InChI=1S/C23H20F3NO3/c1-30-22(29)20(14-17-9-5-8-16-7-2-3-11-19(16)17)27-21(28)13-15-6-4-10-18(12-15)23(24,25)26/h2-12,20H,13-14H2,1H3,(H,27,28)/t20-/m1/s1. The molecule has 0 heterocycles. The van der Waals surface area contributed by atoms with E-state index in [4.69, 9.17) is 4.74 Å². The van der Waals surface area contributed by atoms with Crippen molar-refractivity contribution >= 4 is 22.6 Å². The van der Waals surface area contributed by atoms with Crippen LogP contribution in [0.4, 0.5) is 13.2 Å². The zero-order valence-electron chi connectivity index (χ0n) is 16.2. The van der Waals surface area contributed by atoms with Gasteiger partial charge in [0.2, 0.25) is 5.91 Å². The van der Waals surface area contributed by atoms with E-state index in [1.807, 2.05) is 42.5 Å². The van der Waals surface area contributed by atoms with E-state index in [0.29, 0.717) is 0 Å². The van der Waals surface area contributed by atoms with Gasteiger partial charge in [0.15, 0.2) is 0 Å². The fourth-order valence-corrected chi connectivity index (χ4v) is 3.31. The van der Waals surface area contributed by atoms with Gasteiger partial charge in [0.25, 0.3) is 0 Å². The first kappa shape index (κ1) is 21.4. The third kappa shape index (κ3) is 5.17. The highest BCUT2D eigenvalue weighted by Crippen LogP contribution is 2.29. The lowest BCUT2D eigenvalue weighted by Gasteiger charge is -2.18. The highest BCUT2D eigenvalue weighted by molar-refractivity contribution is 5.88. The number of esters is 1. The third-order valence-electron chi connectivity index (χ3n) is 4.74. The van der Waals surface area contributed by atoms with Crippen LogP contribution in [0.25, 0.3) is 10.8 Å². The predicted octanol–water partition coefficient (Wildman–Crippen LogP) is 4.30. The molecule has 1 amide bonds. The van der Waals surface area contributed by atoms with E-state index < -0.39 is 29.7 Å². The van der Waals surface area contributed by atoms with E-state index in [1.165, 1.54) is 19.2 Å². The molecule has 0 fully saturated rings. The molecule has 3 aromatic carbocycles. The number of benzene rings is 3. The number of fused-ring (bicyclic) bond motifs is 1.